The number of ether oxygens (including phenoxy) is 1. The summed E-state index contributed by atoms with van der Waals surface area (Å²) in [5.74, 6) is -2.13. The number of nitrogens with one attached hydrogen (secondary N) is 1. The van der Waals surface area contributed by atoms with Crippen molar-refractivity contribution < 1.29 is 29.3 Å². The molecule has 1 aliphatic heterocycles. The molecule has 1 aliphatic rings. The quantitative estimate of drug-likeness (QED) is 0.490. The summed E-state index contributed by atoms with van der Waals surface area (Å²) in [4.78, 5) is 36.9. The van der Waals surface area contributed by atoms with Crippen molar-refractivity contribution >= 4 is 23.5 Å². The molecule has 0 saturated carbocycles. The minimum Gasteiger partial charge on any atom is -0.507 e. The van der Waals surface area contributed by atoms with E-state index in [-0.39, 0.29) is 36.8 Å². The maximum Gasteiger partial charge on any atom is 0.342 e. The number of hydrogen-bond acceptors (Lipinski definition) is 7. The van der Waals surface area contributed by atoms with Gasteiger partial charge in [0.2, 0.25) is 0 Å². The molecule has 8 heteroatoms. The van der Waals surface area contributed by atoms with Crippen LogP contribution < -0.4 is 5.32 Å². The third kappa shape index (κ3) is 4.18. The van der Waals surface area contributed by atoms with Gasteiger partial charge in [0.1, 0.15) is 23.6 Å². The first-order chi connectivity index (χ1) is 13.5. The highest BCUT2D eigenvalue weighted by Gasteiger charge is 2.30. The Hall–Kier alpha value is -3.65. The SMILES string of the molecule is O=C(OCc1ccccc1)c1ccc(NC2=CC(=O)N(CCO)C2=O)cc1O. The molecule has 28 heavy (non-hydrogen) atoms. The average molecular weight is 382 g/mol. The third-order valence-electron chi connectivity index (χ3n) is 4.04. The lowest BCUT2D eigenvalue weighted by molar-refractivity contribution is -0.137. The number of aliphatic hydroxyl groups is 1. The van der Waals surface area contributed by atoms with Crippen molar-refractivity contribution in [3.63, 3.8) is 0 Å². The highest BCUT2D eigenvalue weighted by molar-refractivity contribution is 6.17. The summed E-state index contributed by atoms with van der Waals surface area (Å²) in [6, 6.07) is 13.2. The van der Waals surface area contributed by atoms with Gasteiger partial charge in [0.05, 0.1) is 13.2 Å². The van der Waals surface area contributed by atoms with Gasteiger partial charge in [-0.2, -0.15) is 0 Å². The molecule has 2 aromatic rings. The minimum absolute atomic E-state index is 0.0113. The predicted molar refractivity (Wildman–Crippen MR) is 99.2 cm³/mol. The zero-order valence-electron chi connectivity index (χ0n) is 14.8. The molecule has 2 aromatic carbocycles. The van der Waals surface area contributed by atoms with E-state index in [1.807, 2.05) is 30.3 Å². The van der Waals surface area contributed by atoms with Crippen LogP contribution in [0, 0.1) is 0 Å². The highest BCUT2D eigenvalue weighted by atomic mass is 16.5. The molecule has 3 N–H and O–H groups in total. The number of nitrogens with zero attached hydrogens (tertiary/aromatic N) is 1. The second-order valence-electron chi connectivity index (χ2n) is 6.00. The molecule has 0 aliphatic carbocycles. The first-order valence-corrected chi connectivity index (χ1v) is 8.49. The summed E-state index contributed by atoms with van der Waals surface area (Å²) in [5, 5.41) is 21.8. The maximum atomic E-state index is 12.2. The van der Waals surface area contributed by atoms with Crippen LogP contribution in [0.15, 0.2) is 60.3 Å². The molecule has 0 spiro atoms. The van der Waals surface area contributed by atoms with Gasteiger partial charge in [-0.25, -0.2) is 4.79 Å². The van der Waals surface area contributed by atoms with Crippen molar-refractivity contribution in [2.24, 2.45) is 0 Å². The third-order valence-corrected chi connectivity index (χ3v) is 4.04. The van der Waals surface area contributed by atoms with Crippen molar-refractivity contribution in [2.45, 2.75) is 6.61 Å². The fourth-order valence-corrected chi connectivity index (χ4v) is 2.65. The molecule has 0 radical (unpaired) electrons. The lowest BCUT2D eigenvalue weighted by atomic mass is 10.1. The summed E-state index contributed by atoms with van der Waals surface area (Å²) >= 11 is 0. The average Bonchev–Trinajstić information content (AvgIpc) is 2.95. The first kappa shape index (κ1) is 19.1. The van der Waals surface area contributed by atoms with Crippen LogP contribution >= 0.6 is 0 Å². The molecule has 0 aromatic heterocycles. The van der Waals surface area contributed by atoms with E-state index in [2.05, 4.69) is 5.32 Å². The Morgan fingerprint density at radius 3 is 2.54 bits per heavy atom. The molecule has 0 fully saturated rings. The van der Waals surface area contributed by atoms with E-state index in [0.29, 0.717) is 5.69 Å². The standard InChI is InChI=1S/C20H18N2O6/c23-9-8-22-18(25)11-16(19(22)26)21-14-6-7-15(17(24)10-14)20(27)28-12-13-4-2-1-3-5-13/h1-7,10-11,21,23-24H,8-9,12H2. The monoisotopic (exact) mass is 382 g/mol. The van der Waals surface area contributed by atoms with Crippen LogP contribution in [-0.4, -0.2) is 46.0 Å². The van der Waals surface area contributed by atoms with Gasteiger partial charge < -0.3 is 20.3 Å². The van der Waals surface area contributed by atoms with Crippen LogP contribution in [0.25, 0.3) is 0 Å². The number of amides is 2. The number of hydrogen-bond donors (Lipinski definition) is 3. The minimum atomic E-state index is -0.687. The molecule has 0 atom stereocenters. The van der Waals surface area contributed by atoms with Crippen molar-refractivity contribution in [1.29, 1.82) is 0 Å². The Morgan fingerprint density at radius 2 is 1.86 bits per heavy atom. The molecule has 0 saturated heterocycles. The van der Waals surface area contributed by atoms with Crippen LogP contribution in [0.1, 0.15) is 15.9 Å². The number of β-amino-alcohol motifs (C(OH)–C–C–N with tert-alkyl or cyclic N) is 1. The number of phenols is 1. The van der Waals surface area contributed by atoms with E-state index >= 15 is 0 Å². The number of aromatic hydroxyl groups is 1. The van der Waals surface area contributed by atoms with Gasteiger partial charge in [0, 0.05) is 17.8 Å². The largest absolute Gasteiger partial charge is 0.507 e. The Morgan fingerprint density at radius 1 is 1.11 bits per heavy atom. The van der Waals surface area contributed by atoms with E-state index in [1.165, 1.54) is 18.2 Å². The highest BCUT2D eigenvalue weighted by Crippen LogP contribution is 2.25. The lowest BCUT2D eigenvalue weighted by Gasteiger charge is -2.14. The van der Waals surface area contributed by atoms with Gasteiger partial charge in [0.15, 0.2) is 0 Å². The van der Waals surface area contributed by atoms with E-state index in [0.717, 1.165) is 16.5 Å². The second kappa shape index (κ2) is 8.36. The van der Waals surface area contributed by atoms with E-state index in [1.54, 1.807) is 0 Å². The fraction of sp³-hybridized carbons (Fsp3) is 0.150. The van der Waals surface area contributed by atoms with Gasteiger partial charge in [-0.3, -0.25) is 14.5 Å². The van der Waals surface area contributed by atoms with Gasteiger partial charge in [0.25, 0.3) is 11.8 Å². The number of carbonyl (C=O) groups is 3. The Bertz CT molecular complexity index is 939. The number of rotatable bonds is 7. The van der Waals surface area contributed by atoms with Gasteiger partial charge in [-0.05, 0) is 17.7 Å². The van der Waals surface area contributed by atoms with Gasteiger partial charge in [-0.1, -0.05) is 30.3 Å². The second-order valence-corrected chi connectivity index (χ2v) is 6.00. The topological polar surface area (TPSA) is 116 Å². The van der Waals surface area contributed by atoms with Crippen LogP contribution in [0.5, 0.6) is 5.75 Å². The molecule has 1 heterocycles. The first-order valence-electron chi connectivity index (χ1n) is 8.49. The van der Waals surface area contributed by atoms with Crippen LogP contribution in [0.4, 0.5) is 5.69 Å². The predicted octanol–water partition coefficient (Wildman–Crippen LogP) is 1.41. The number of anilines is 1. The summed E-state index contributed by atoms with van der Waals surface area (Å²) < 4.78 is 5.18. The van der Waals surface area contributed by atoms with Crippen LogP contribution in [-0.2, 0) is 20.9 Å². The molecule has 0 unspecified atom stereocenters. The van der Waals surface area contributed by atoms with E-state index in [9.17, 15) is 19.5 Å². The molecule has 3 rings (SSSR count). The molecule has 0 bridgehead atoms. The normalized spacial score (nSPS) is 13.5. The van der Waals surface area contributed by atoms with Gasteiger partial charge in [-0.15, -0.1) is 0 Å². The van der Waals surface area contributed by atoms with E-state index in [4.69, 9.17) is 9.84 Å². The van der Waals surface area contributed by atoms with Crippen molar-refractivity contribution in [2.75, 3.05) is 18.5 Å². The molecule has 144 valence electrons. The Kier molecular flexibility index (Phi) is 5.71. The zero-order chi connectivity index (χ0) is 20.1. The molecule has 2 amide bonds. The molecular weight excluding hydrogens is 364 g/mol. The Balaban J connectivity index is 1.66. The Labute approximate surface area is 160 Å². The van der Waals surface area contributed by atoms with E-state index < -0.39 is 17.8 Å². The number of aliphatic hydroxyl groups excluding tert-OH is 1. The van der Waals surface area contributed by atoms with Crippen LogP contribution in [0.2, 0.25) is 0 Å². The number of carbonyl (C=O) groups excluding carboxylic acids is 3. The van der Waals surface area contributed by atoms with Crippen molar-refractivity contribution in [3.8, 4) is 5.75 Å². The fourth-order valence-electron chi connectivity index (χ4n) is 2.65. The van der Waals surface area contributed by atoms with Gasteiger partial charge >= 0.3 is 5.97 Å². The number of esters is 1. The number of imide groups is 1. The molecule has 8 nitrogen and oxygen atoms in total. The van der Waals surface area contributed by atoms with Crippen LogP contribution in [0.3, 0.4) is 0 Å². The summed E-state index contributed by atoms with van der Waals surface area (Å²) in [6.45, 7) is -0.362. The van der Waals surface area contributed by atoms with Crippen molar-refractivity contribution in [3.05, 3.63) is 71.4 Å². The summed E-state index contributed by atoms with van der Waals surface area (Å²) in [6.07, 6.45) is 1.11. The maximum absolute atomic E-state index is 12.2. The summed E-state index contributed by atoms with van der Waals surface area (Å²) in [7, 11) is 0. The lowest BCUT2D eigenvalue weighted by Crippen LogP contribution is -2.34. The molecular formula is C20H18N2O6. The number of phenolic OH excluding ortho intramolecular Hbond substituents is 1. The smallest absolute Gasteiger partial charge is 0.342 e. The number of benzene rings is 2. The van der Waals surface area contributed by atoms with Crippen molar-refractivity contribution in [1.82, 2.24) is 4.90 Å². The summed E-state index contributed by atoms with van der Waals surface area (Å²) in [5.41, 5.74) is 1.12. The zero-order valence-corrected chi connectivity index (χ0v) is 14.8.